The van der Waals surface area contributed by atoms with Gasteiger partial charge in [-0.1, -0.05) is 17.7 Å². The molecule has 0 atom stereocenters. The van der Waals surface area contributed by atoms with Crippen LogP contribution in [0.25, 0.3) is 0 Å². The molecule has 0 aliphatic carbocycles. The quantitative estimate of drug-likeness (QED) is 0.767. The number of aliphatic hydroxyl groups excluding tert-OH is 1. The number of methoxy groups -OCH3 is 1. The van der Waals surface area contributed by atoms with Crippen LogP contribution in [-0.4, -0.2) is 12.2 Å². The molecule has 0 heterocycles. The minimum Gasteiger partial charge on any atom is -0.495 e. The molecule has 66 valence electrons. The van der Waals surface area contributed by atoms with Gasteiger partial charge in [-0.3, -0.25) is 0 Å². The van der Waals surface area contributed by atoms with Crippen LogP contribution in [0.2, 0.25) is 5.02 Å². The molecule has 0 aromatic heterocycles. The Hall–Kier alpha value is -0.730. The molecule has 1 rings (SSSR count). The van der Waals surface area contributed by atoms with Gasteiger partial charge in [0, 0.05) is 0 Å². The normalized spacial score (nSPS) is 10.0. The number of hydrogen-bond donors (Lipinski definition) is 1. The van der Waals surface area contributed by atoms with Gasteiger partial charge >= 0.3 is 0 Å². The highest BCUT2D eigenvalue weighted by molar-refractivity contribution is 6.32. The van der Waals surface area contributed by atoms with E-state index >= 15 is 0 Å². The average Bonchev–Trinajstić information content (AvgIpc) is 2.10. The standard InChI is InChI=1S/C9H11ClO2/c1-6-7(5-11)3-4-8(12-2)9(6)10/h3-4,11H,5H2,1-2H3. The summed E-state index contributed by atoms with van der Waals surface area (Å²) < 4.78 is 5.01. The molecule has 2 nitrogen and oxygen atoms in total. The summed E-state index contributed by atoms with van der Waals surface area (Å²) in [5.74, 6) is 0.645. The van der Waals surface area contributed by atoms with Gasteiger partial charge in [0.05, 0.1) is 18.7 Å². The van der Waals surface area contributed by atoms with E-state index in [1.165, 1.54) is 0 Å². The van der Waals surface area contributed by atoms with Crippen molar-refractivity contribution < 1.29 is 9.84 Å². The Morgan fingerprint density at radius 3 is 2.67 bits per heavy atom. The van der Waals surface area contributed by atoms with Gasteiger partial charge in [0.2, 0.25) is 0 Å². The maximum Gasteiger partial charge on any atom is 0.137 e. The Bertz CT molecular complexity index is 255. The van der Waals surface area contributed by atoms with Gasteiger partial charge in [0.25, 0.3) is 0 Å². The van der Waals surface area contributed by atoms with E-state index in [0.717, 1.165) is 11.1 Å². The van der Waals surface area contributed by atoms with Crippen LogP contribution in [-0.2, 0) is 6.61 Å². The van der Waals surface area contributed by atoms with Crippen molar-refractivity contribution in [1.82, 2.24) is 0 Å². The van der Waals surface area contributed by atoms with E-state index in [9.17, 15) is 0 Å². The van der Waals surface area contributed by atoms with Gasteiger partial charge in [0.15, 0.2) is 0 Å². The molecule has 0 aliphatic heterocycles. The molecule has 1 N–H and O–H groups in total. The molecule has 0 bridgehead atoms. The predicted molar refractivity (Wildman–Crippen MR) is 48.7 cm³/mol. The number of rotatable bonds is 2. The predicted octanol–water partition coefficient (Wildman–Crippen LogP) is 2.15. The summed E-state index contributed by atoms with van der Waals surface area (Å²) in [5.41, 5.74) is 1.71. The minimum atomic E-state index is 0.00947. The molecule has 3 heteroatoms. The number of halogens is 1. The third kappa shape index (κ3) is 1.54. The lowest BCUT2D eigenvalue weighted by Crippen LogP contribution is -1.92. The summed E-state index contributed by atoms with van der Waals surface area (Å²) in [6.45, 7) is 1.87. The van der Waals surface area contributed by atoms with Crippen LogP contribution in [0.4, 0.5) is 0 Å². The molecular formula is C9H11ClO2. The van der Waals surface area contributed by atoms with Gasteiger partial charge in [-0.15, -0.1) is 0 Å². The molecule has 0 saturated heterocycles. The number of benzene rings is 1. The summed E-state index contributed by atoms with van der Waals surface area (Å²) >= 11 is 5.94. The molecular weight excluding hydrogens is 176 g/mol. The lowest BCUT2D eigenvalue weighted by molar-refractivity contribution is 0.281. The van der Waals surface area contributed by atoms with Crippen molar-refractivity contribution in [2.45, 2.75) is 13.5 Å². The highest BCUT2D eigenvalue weighted by atomic mass is 35.5. The van der Waals surface area contributed by atoms with E-state index in [-0.39, 0.29) is 6.61 Å². The number of aliphatic hydroxyl groups is 1. The third-order valence-corrected chi connectivity index (χ3v) is 2.32. The number of hydrogen-bond acceptors (Lipinski definition) is 2. The fourth-order valence-corrected chi connectivity index (χ4v) is 1.29. The lowest BCUT2D eigenvalue weighted by Gasteiger charge is -2.08. The third-order valence-electron chi connectivity index (χ3n) is 1.85. The molecule has 0 spiro atoms. The first-order valence-electron chi connectivity index (χ1n) is 3.63. The maximum atomic E-state index is 8.91. The summed E-state index contributed by atoms with van der Waals surface area (Å²) in [6, 6.07) is 3.56. The van der Waals surface area contributed by atoms with Crippen LogP contribution in [0.15, 0.2) is 12.1 Å². The molecule has 1 aromatic rings. The SMILES string of the molecule is COc1ccc(CO)c(C)c1Cl. The van der Waals surface area contributed by atoms with Gasteiger partial charge in [-0.2, -0.15) is 0 Å². The van der Waals surface area contributed by atoms with Crippen molar-refractivity contribution in [1.29, 1.82) is 0 Å². The van der Waals surface area contributed by atoms with Gasteiger partial charge in [-0.05, 0) is 24.1 Å². The fourth-order valence-electron chi connectivity index (χ4n) is 1.03. The highest BCUT2D eigenvalue weighted by Gasteiger charge is 2.06. The molecule has 0 saturated carbocycles. The highest BCUT2D eigenvalue weighted by Crippen LogP contribution is 2.29. The van der Waals surface area contributed by atoms with Crippen molar-refractivity contribution in [3.05, 3.63) is 28.3 Å². The lowest BCUT2D eigenvalue weighted by atomic mass is 10.1. The monoisotopic (exact) mass is 186 g/mol. The summed E-state index contributed by atoms with van der Waals surface area (Å²) in [5, 5.41) is 9.48. The largest absolute Gasteiger partial charge is 0.495 e. The Balaban J connectivity index is 3.20. The van der Waals surface area contributed by atoms with Gasteiger partial charge < -0.3 is 9.84 Å². The summed E-state index contributed by atoms with van der Waals surface area (Å²) in [7, 11) is 1.57. The Kier molecular flexibility index (Phi) is 2.95. The zero-order valence-corrected chi connectivity index (χ0v) is 7.85. The van der Waals surface area contributed by atoms with E-state index in [4.69, 9.17) is 21.4 Å². The second-order valence-corrected chi connectivity index (χ2v) is 2.90. The van der Waals surface area contributed by atoms with E-state index in [1.54, 1.807) is 19.2 Å². The van der Waals surface area contributed by atoms with Crippen LogP contribution < -0.4 is 4.74 Å². The van der Waals surface area contributed by atoms with E-state index < -0.39 is 0 Å². The van der Waals surface area contributed by atoms with E-state index in [0.29, 0.717) is 10.8 Å². The Labute approximate surface area is 76.7 Å². The van der Waals surface area contributed by atoms with Crippen molar-refractivity contribution in [2.24, 2.45) is 0 Å². The summed E-state index contributed by atoms with van der Waals surface area (Å²) in [4.78, 5) is 0. The first kappa shape index (κ1) is 9.36. The molecule has 0 unspecified atom stereocenters. The molecule has 0 aliphatic rings. The van der Waals surface area contributed by atoms with Crippen LogP contribution in [0.5, 0.6) is 5.75 Å². The molecule has 0 fully saturated rings. The van der Waals surface area contributed by atoms with Crippen LogP contribution >= 0.6 is 11.6 Å². The first-order valence-corrected chi connectivity index (χ1v) is 4.01. The Morgan fingerprint density at radius 2 is 2.17 bits per heavy atom. The van der Waals surface area contributed by atoms with Crippen molar-refractivity contribution in [3.8, 4) is 5.75 Å². The smallest absolute Gasteiger partial charge is 0.137 e. The topological polar surface area (TPSA) is 29.5 Å². The zero-order valence-electron chi connectivity index (χ0n) is 7.10. The maximum absolute atomic E-state index is 8.91. The average molecular weight is 187 g/mol. The molecule has 1 aromatic carbocycles. The molecule has 0 amide bonds. The summed E-state index contributed by atoms with van der Waals surface area (Å²) in [6.07, 6.45) is 0. The Morgan fingerprint density at radius 1 is 1.50 bits per heavy atom. The van der Waals surface area contributed by atoms with Crippen molar-refractivity contribution >= 4 is 11.6 Å². The zero-order chi connectivity index (χ0) is 9.14. The first-order chi connectivity index (χ1) is 5.70. The van der Waals surface area contributed by atoms with Crippen LogP contribution in [0.1, 0.15) is 11.1 Å². The minimum absolute atomic E-state index is 0.00947. The second-order valence-electron chi connectivity index (χ2n) is 2.52. The van der Waals surface area contributed by atoms with Crippen molar-refractivity contribution in [2.75, 3.05) is 7.11 Å². The molecule has 12 heavy (non-hydrogen) atoms. The van der Waals surface area contributed by atoms with Crippen LogP contribution in [0, 0.1) is 6.92 Å². The van der Waals surface area contributed by atoms with E-state index in [2.05, 4.69) is 0 Å². The number of ether oxygens (including phenoxy) is 1. The molecule has 0 radical (unpaired) electrons. The van der Waals surface area contributed by atoms with Crippen molar-refractivity contribution in [3.63, 3.8) is 0 Å². The van der Waals surface area contributed by atoms with Gasteiger partial charge in [0.1, 0.15) is 5.75 Å². The van der Waals surface area contributed by atoms with Gasteiger partial charge in [-0.25, -0.2) is 0 Å². The van der Waals surface area contributed by atoms with Crippen LogP contribution in [0.3, 0.4) is 0 Å². The fraction of sp³-hybridized carbons (Fsp3) is 0.333. The second kappa shape index (κ2) is 3.78. The van der Waals surface area contributed by atoms with E-state index in [1.807, 2.05) is 6.92 Å².